The predicted molar refractivity (Wildman–Crippen MR) is 108 cm³/mol. The number of pyridine rings is 1. The number of nitrogens with zero attached hydrogens (tertiary/aromatic N) is 3. The molecule has 0 bridgehead atoms. The third kappa shape index (κ3) is 4.10. The molecule has 1 fully saturated rings. The number of benzene rings is 1. The lowest BCUT2D eigenvalue weighted by Crippen LogP contribution is -2.27. The summed E-state index contributed by atoms with van der Waals surface area (Å²) in [5.74, 6) is -2.03. The van der Waals surface area contributed by atoms with Gasteiger partial charge in [-0.05, 0) is 67.3 Å². The second kappa shape index (κ2) is 8.73. The van der Waals surface area contributed by atoms with E-state index in [0.717, 1.165) is 36.5 Å². The maximum Gasteiger partial charge on any atom is 0.267 e. The van der Waals surface area contributed by atoms with Gasteiger partial charge in [-0.3, -0.25) is 14.9 Å². The van der Waals surface area contributed by atoms with Crippen molar-refractivity contribution in [3.8, 4) is 0 Å². The number of amides is 1. The molecule has 3 heterocycles. The summed E-state index contributed by atoms with van der Waals surface area (Å²) in [6, 6.07) is 7.98. The maximum absolute atomic E-state index is 14.8. The van der Waals surface area contributed by atoms with Crippen LogP contribution in [0.15, 0.2) is 48.8 Å². The number of carbonyl (C=O) groups is 1. The van der Waals surface area contributed by atoms with Gasteiger partial charge >= 0.3 is 0 Å². The van der Waals surface area contributed by atoms with Crippen LogP contribution < -0.4 is 5.48 Å². The highest BCUT2D eigenvalue weighted by Crippen LogP contribution is 2.35. The molecule has 8 heteroatoms. The van der Waals surface area contributed by atoms with E-state index in [2.05, 4.69) is 10.00 Å². The number of fused-ring (bicyclic) bond motifs is 1. The van der Waals surface area contributed by atoms with Crippen LogP contribution in [0.4, 0.5) is 8.78 Å². The molecular weight excluding hydrogens is 390 g/mol. The van der Waals surface area contributed by atoms with Crippen LogP contribution >= 0.6 is 0 Å². The Bertz CT molecular complexity index is 1070. The summed E-state index contributed by atoms with van der Waals surface area (Å²) in [6.07, 6.45) is 8.28. The molecule has 3 aromatic rings. The first kappa shape index (κ1) is 20.2. The lowest BCUT2D eigenvalue weighted by molar-refractivity contribution is -0.124. The second-order valence-corrected chi connectivity index (χ2v) is 7.35. The molecule has 1 aliphatic heterocycles. The van der Waals surface area contributed by atoms with Gasteiger partial charge in [0.2, 0.25) is 0 Å². The fourth-order valence-electron chi connectivity index (χ4n) is 4.09. The third-order valence-electron chi connectivity index (χ3n) is 5.51. The van der Waals surface area contributed by atoms with Crippen LogP contribution in [0.2, 0.25) is 0 Å². The average molecular weight is 412 g/mol. The van der Waals surface area contributed by atoms with Gasteiger partial charge in [0.15, 0.2) is 0 Å². The van der Waals surface area contributed by atoms with Gasteiger partial charge in [0, 0.05) is 30.4 Å². The molecule has 4 rings (SSSR count). The Morgan fingerprint density at radius 3 is 2.87 bits per heavy atom. The normalized spacial score (nSPS) is 17.2. The molecule has 0 radical (unpaired) electrons. The molecule has 1 atom stereocenters. The van der Waals surface area contributed by atoms with E-state index in [9.17, 15) is 13.6 Å². The highest BCUT2D eigenvalue weighted by Gasteiger charge is 2.30. The van der Waals surface area contributed by atoms with E-state index >= 15 is 0 Å². The van der Waals surface area contributed by atoms with Crippen LogP contribution in [0.25, 0.3) is 11.6 Å². The van der Waals surface area contributed by atoms with Crippen molar-refractivity contribution in [2.24, 2.45) is 0 Å². The molecule has 0 aliphatic carbocycles. The first-order valence-corrected chi connectivity index (χ1v) is 9.83. The predicted octanol–water partition coefficient (Wildman–Crippen LogP) is 3.51. The Morgan fingerprint density at radius 1 is 1.30 bits per heavy atom. The van der Waals surface area contributed by atoms with Crippen molar-refractivity contribution in [1.82, 2.24) is 20.0 Å². The molecule has 6 nitrogen and oxygen atoms in total. The minimum atomic E-state index is -0.769. The summed E-state index contributed by atoms with van der Waals surface area (Å²) >= 11 is 0. The SMILES string of the molecule is O=C(C=Cc1cc(F)c(C2CCCN2CCc2cnn3ccccc23)c(F)c1)NO. The van der Waals surface area contributed by atoms with Gasteiger partial charge in [0.25, 0.3) is 5.91 Å². The number of carbonyl (C=O) groups excluding carboxylic acids is 1. The van der Waals surface area contributed by atoms with Crippen LogP contribution in [0.3, 0.4) is 0 Å². The highest BCUT2D eigenvalue weighted by atomic mass is 19.1. The van der Waals surface area contributed by atoms with Crippen molar-refractivity contribution in [3.05, 3.63) is 77.1 Å². The molecule has 2 N–H and O–H groups in total. The van der Waals surface area contributed by atoms with Crippen LogP contribution in [-0.4, -0.2) is 38.7 Å². The monoisotopic (exact) mass is 412 g/mol. The molecule has 1 unspecified atom stereocenters. The van der Waals surface area contributed by atoms with E-state index in [1.54, 1.807) is 0 Å². The maximum atomic E-state index is 14.8. The first-order chi connectivity index (χ1) is 14.6. The zero-order valence-corrected chi connectivity index (χ0v) is 16.3. The molecular formula is C22H22F2N4O2. The highest BCUT2D eigenvalue weighted by molar-refractivity contribution is 5.90. The molecule has 2 aromatic heterocycles. The Hall–Kier alpha value is -3.10. The van der Waals surface area contributed by atoms with Gasteiger partial charge in [0.05, 0.1) is 11.7 Å². The molecule has 30 heavy (non-hydrogen) atoms. The number of nitrogens with one attached hydrogen (secondary N) is 1. The molecule has 0 spiro atoms. The lowest BCUT2D eigenvalue weighted by atomic mass is 10.0. The fraction of sp³-hybridized carbons (Fsp3) is 0.273. The summed E-state index contributed by atoms with van der Waals surface area (Å²) in [4.78, 5) is 13.2. The van der Waals surface area contributed by atoms with E-state index in [1.807, 2.05) is 35.1 Å². The molecule has 1 aliphatic rings. The number of likely N-dealkylation sites (tertiary alicyclic amines) is 1. The fourth-order valence-corrected chi connectivity index (χ4v) is 4.09. The number of halogens is 2. The summed E-state index contributed by atoms with van der Waals surface area (Å²) in [7, 11) is 0. The summed E-state index contributed by atoms with van der Waals surface area (Å²) in [6.45, 7) is 1.46. The van der Waals surface area contributed by atoms with Crippen molar-refractivity contribution in [2.75, 3.05) is 13.1 Å². The van der Waals surface area contributed by atoms with Crippen LogP contribution in [-0.2, 0) is 11.2 Å². The van der Waals surface area contributed by atoms with Crippen molar-refractivity contribution in [1.29, 1.82) is 0 Å². The summed E-state index contributed by atoms with van der Waals surface area (Å²) in [5, 5.41) is 12.8. The summed E-state index contributed by atoms with van der Waals surface area (Å²) < 4.78 is 31.4. The number of aromatic nitrogens is 2. The van der Waals surface area contributed by atoms with E-state index in [0.29, 0.717) is 13.0 Å². The number of hydrogen-bond donors (Lipinski definition) is 2. The summed E-state index contributed by atoms with van der Waals surface area (Å²) in [5.41, 5.74) is 3.86. The molecule has 1 saturated heterocycles. The van der Waals surface area contributed by atoms with Crippen molar-refractivity contribution in [2.45, 2.75) is 25.3 Å². The second-order valence-electron chi connectivity index (χ2n) is 7.35. The smallest absolute Gasteiger partial charge is 0.267 e. The van der Waals surface area contributed by atoms with E-state index in [4.69, 9.17) is 5.21 Å². The minimum absolute atomic E-state index is 0.0659. The van der Waals surface area contributed by atoms with Crippen molar-refractivity contribution in [3.63, 3.8) is 0 Å². The molecule has 0 saturated carbocycles. The van der Waals surface area contributed by atoms with Gasteiger partial charge in [-0.15, -0.1) is 0 Å². The molecule has 1 amide bonds. The largest absolute Gasteiger partial charge is 0.296 e. The van der Waals surface area contributed by atoms with Crippen molar-refractivity contribution < 1.29 is 18.8 Å². The van der Waals surface area contributed by atoms with Gasteiger partial charge in [-0.2, -0.15) is 5.10 Å². The van der Waals surface area contributed by atoms with Crippen LogP contribution in [0, 0.1) is 11.6 Å². The van der Waals surface area contributed by atoms with E-state index < -0.39 is 17.5 Å². The van der Waals surface area contributed by atoms with Gasteiger partial charge in [-0.1, -0.05) is 6.07 Å². The Balaban J connectivity index is 1.51. The first-order valence-electron chi connectivity index (χ1n) is 9.83. The van der Waals surface area contributed by atoms with Gasteiger partial charge < -0.3 is 0 Å². The van der Waals surface area contributed by atoms with Gasteiger partial charge in [0.1, 0.15) is 11.6 Å². The Morgan fingerprint density at radius 2 is 2.10 bits per heavy atom. The molecule has 156 valence electrons. The molecule has 1 aromatic carbocycles. The Kier molecular flexibility index (Phi) is 5.87. The van der Waals surface area contributed by atoms with Crippen molar-refractivity contribution >= 4 is 17.5 Å². The average Bonchev–Trinajstić information content (AvgIpc) is 3.37. The van der Waals surface area contributed by atoms with E-state index in [-0.39, 0.29) is 17.2 Å². The van der Waals surface area contributed by atoms with Crippen LogP contribution in [0.1, 0.15) is 35.6 Å². The number of hydrogen-bond acceptors (Lipinski definition) is 4. The Labute approximate surface area is 172 Å². The standard InChI is InChI=1S/C22H22F2N4O2/c23-17-12-15(6-7-21(29)26-30)13-18(24)22(17)20-5-3-9-27(20)11-8-16-14-25-28-10-2-1-4-19(16)28/h1-2,4,6-7,10,12-14,20,30H,3,5,8-9,11H2,(H,26,29). The number of rotatable bonds is 6. The minimum Gasteiger partial charge on any atom is -0.296 e. The lowest BCUT2D eigenvalue weighted by Gasteiger charge is -2.25. The third-order valence-corrected chi connectivity index (χ3v) is 5.51. The topological polar surface area (TPSA) is 69.9 Å². The van der Waals surface area contributed by atoms with Gasteiger partial charge in [-0.25, -0.2) is 18.8 Å². The number of hydroxylamine groups is 1. The zero-order valence-electron chi connectivity index (χ0n) is 16.3. The quantitative estimate of drug-likeness (QED) is 0.369. The van der Waals surface area contributed by atoms with E-state index in [1.165, 1.54) is 23.7 Å². The van der Waals surface area contributed by atoms with Crippen LogP contribution in [0.5, 0.6) is 0 Å². The zero-order chi connectivity index (χ0) is 21.1.